The SMILES string of the molecule is O=C(NC[C@H](O)C(=O)O)Nc1c(Cl)cc(Cl)cc1Cl. The molecule has 1 aromatic carbocycles. The summed E-state index contributed by atoms with van der Waals surface area (Å²) in [5.41, 5.74) is 0.134. The highest BCUT2D eigenvalue weighted by atomic mass is 35.5. The van der Waals surface area contributed by atoms with E-state index in [0.29, 0.717) is 5.02 Å². The van der Waals surface area contributed by atoms with Crippen LogP contribution in [0, 0.1) is 0 Å². The second-order valence-corrected chi connectivity index (χ2v) is 4.68. The van der Waals surface area contributed by atoms with Crippen molar-refractivity contribution in [2.75, 3.05) is 11.9 Å². The van der Waals surface area contributed by atoms with Crippen LogP contribution < -0.4 is 10.6 Å². The molecule has 0 spiro atoms. The van der Waals surface area contributed by atoms with Gasteiger partial charge in [-0.05, 0) is 12.1 Å². The predicted octanol–water partition coefficient (Wildman–Crippen LogP) is 2.21. The van der Waals surface area contributed by atoms with Crippen LogP contribution in [0.3, 0.4) is 0 Å². The molecular formula is C10H9Cl3N2O4. The van der Waals surface area contributed by atoms with E-state index in [1.807, 2.05) is 0 Å². The molecule has 0 fully saturated rings. The molecule has 0 aliphatic rings. The lowest BCUT2D eigenvalue weighted by Gasteiger charge is -2.12. The molecule has 0 radical (unpaired) electrons. The maximum Gasteiger partial charge on any atom is 0.334 e. The van der Waals surface area contributed by atoms with E-state index in [0.717, 1.165) is 0 Å². The minimum atomic E-state index is -1.69. The summed E-state index contributed by atoms with van der Waals surface area (Å²) in [6.45, 7) is -0.454. The molecule has 0 aromatic heterocycles. The topological polar surface area (TPSA) is 98.7 Å². The van der Waals surface area contributed by atoms with Crippen LogP contribution in [0.4, 0.5) is 10.5 Å². The summed E-state index contributed by atoms with van der Waals surface area (Å²) in [7, 11) is 0. The zero-order valence-electron chi connectivity index (χ0n) is 9.28. The third-order valence-electron chi connectivity index (χ3n) is 1.99. The first kappa shape index (κ1) is 15.8. The van der Waals surface area contributed by atoms with E-state index in [2.05, 4.69) is 10.6 Å². The Balaban J connectivity index is 2.65. The van der Waals surface area contributed by atoms with Gasteiger partial charge in [0.25, 0.3) is 0 Å². The minimum Gasteiger partial charge on any atom is -0.479 e. The Labute approximate surface area is 123 Å². The highest BCUT2D eigenvalue weighted by molar-refractivity contribution is 6.42. The van der Waals surface area contributed by atoms with Gasteiger partial charge in [-0.2, -0.15) is 0 Å². The summed E-state index contributed by atoms with van der Waals surface area (Å²) in [6.07, 6.45) is -1.69. The van der Waals surface area contributed by atoms with Crippen LogP contribution in [0.5, 0.6) is 0 Å². The fourth-order valence-corrected chi connectivity index (χ4v) is 2.01. The zero-order valence-corrected chi connectivity index (χ0v) is 11.6. The molecule has 0 bridgehead atoms. The summed E-state index contributed by atoms with van der Waals surface area (Å²) in [5.74, 6) is -1.44. The van der Waals surface area contributed by atoms with E-state index in [1.165, 1.54) is 12.1 Å². The molecule has 0 aliphatic carbocycles. The van der Waals surface area contributed by atoms with Crippen molar-refractivity contribution in [1.82, 2.24) is 5.32 Å². The smallest absolute Gasteiger partial charge is 0.334 e. The van der Waals surface area contributed by atoms with Crippen LogP contribution in [0.2, 0.25) is 15.1 Å². The summed E-state index contributed by atoms with van der Waals surface area (Å²) < 4.78 is 0. The number of halogens is 3. The van der Waals surface area contributed by atoms with Crippen molar-refractivity contribution in [1.29, 1.82) is 0 Å². The number of aliphatic hydroxyl groups excluding tert-OH is 1. The lowest BCUT2D eigenvalue weighted by molar-refractivity contribution is -0.146. The molecule has 4 N–H and O–H groups in total. The first-order valence-electron chi connectivity index (χ1n) is 4.91. The molecule has 0 saturated heterocycles. The van der Waals surface area contributed by atoms with E-state index in [1.54, 1.807) is 0 Å². The van der Waals surface area contributed by atoms with Gasteiger partial charge in [0.1, 0.15) is 0 Å². The third-order valence-corrected chi connectivity index (χ3v) is 2.80. The summed E-state index contributed by atoms with van der Waals surface area (Å²) in [5, 5.41) is 22.4. The molecule has 0 heterocycles. The summed E-state index contributed by atoms with van der Waals surface area (Å²) >= 11 is 17.4. The lowest BCUT2D eigenvalue weighted by atomic mass is 10.3. The standard InChI is InChI=1S/C10H9Cl3N2O4/c11-4-1-5(12)8(6(13)2-4)15-10(19)14-3-7(16)9(17)18/h1-2,7,16H,3H2,(H,17,18)(H2,14,15,19)/t7-/m0/s1. The Bertz CT molecular complexity index is 487. The second-order valence-electron chi connectivity index (χ2n) is 3.43. The monoisotopic (exact) mass is 326 g/mol. The van der Waals surface area contributed by atoms with E-state index >= 15 is 0 Å². The van der Waals surface area contributed by atoms with E-state index in [-0.39, 0.29) is 15.7 Å². The average Bonchev–Trinajstić information content (AvgIpc) is 2.30. The summed E-state index contributed by atoms with van der Waals surface area (Å²) in [4.78, 5) is 21.8. The van der Waals surface area contributed by atoms with Gasteiger partial charge < -0.3 is 20.8 Å². The number of amides is 2. The normalized spacial score (nSPS) is 11.8. The fourth-order valence-electron chi connectivity index (χ4n) is 1.10. The summed E-state index contributed by atoms with van der Waals surface area (Å²) in [6, 6.07) is 2.01. The number of hydrogen-bond donors (Lipinski definition) is 4. The molecule has 2 amide bonds. The zero-order chi connectivity index (χ0) is 14.6. The van der Waals surface area contributed by atoms with Crippen molar-refractivity contribution >= 4 is 52.5 Å². The first-order chi connectivity index (χ1) is 8.81. The highest BCUT2D eigenvalue weighted by Gasteiger charge is 2.15. The van der Waals surface area contributed by atoms with Crippen LogP contribution in [0.15, 0.2) is 12.1 Å². The molecule has 6 nitrogen and oxygen atoms in total. The number of carbonyl (C=O) groups is 2. The lowest BCUT2D eigenvalue weighted by Crippen LogP contribution is -2.38. The molecule has 0 saturated carbocycles. The van der Waals surface area contributed by atoms with Gasteiger partial charge in [-0.3, -0.25) is 0 Å². The van der Waals surface area contributed by atoms with Gasteiger partial charge in [-0.1, -0.05) is 34.8 Å². The van der Waals surface area contributed by atoms with Crippen molar-refractivity contribution in [2.24, 2.45) is 0 Å². The number of carboxylic acids is 1. The van der Waals surface area contributed by atoms with Gasteiger partial charge in [0.15, 0.2) is 6.10 Å². The number of benzene rings is 1. The Kier molecular flexibility index (Phi) is 5.68. The number of aliphatic carboxylic acids is 1. The van der Waals surface area contributed by atoms with Crippen molar-refractivity contribution in [3.8, 4) is 0 Å². The number of anilines is 1. The Hall–Kier alpha value is -1.21. The first-order valence-corrected chi connectivity index (χ1v) is 6.05. The van der Waals surface area contributed by atoms with Gasteiger partial charge >= 0.3 is 12.0 Å². The van der Waals surface area contributed by atoms with Crippen molar-refractivity contribution < 1.29 is 19.8 Å². The van der Waals surface area contributed by atoms with Gasteiger partial charge in [0.2, 0.25) is 0 Å². The van der Waals surface area contributed by atoms with Gasteiger partial charge in [0.05, 0.1) is 22.3 Å². The molecule has 104 valence electrons. The maximum absolute atomic E-state index is 11.5. The second kappa shape index (κ2) is 6.81. The number of hydrogen-bond acceptors (Lipinski definition) is 3. The van der Waals surface area contributed by atoms with Crippen molar-refractivity contribution in [3.63, 3.8) is 0 Å². The Morgan fingerprint density at radius 3 is 2.21 bits per heavy atom. The van der Waals surface area contributed by atoms with Crippen LogP contribution >= 0.6 is 34.8 Å². The van der Waals surface area contributed by atoms with Crippen LogP contribution in [-0.2, 0) is 4.79 Å². The van der Waals surface area contributed by atoms with Crippen molar-refractivity contribution in [2.45, 2.75) is 6.10 Å². The Morgan fingerprint density at radius 1 is 1.21 bits per heavy atom. The number of rotatable bonds is 4. The van der Waals surface area contributed by atoms with E-state index in [9.17, 15) is 9.59 Å². The van der Waals surface area contributed by atoms with E-state index in [4.69, 9.17) is 45.0 Å². The van der Waals surface area contributed by atoms with Gasteiger partial charge in [-0.15, -0.1) is 0 Å². The van der Waals surface area contributed by atoms with Crippen LogP contribution in [-0.4, -0.2) is 34.9 Å². The maximum atomic E-state index is 11.5. The number of nitrogens with one attached hydrogen (secondary N) is 2. The molecule has 9 heteroatoms. The molecular weight excluding hydrogens is 318 g/mol. The number of aliphatic hydroxyl groups is 1. The minimum absolute atomic E-state index is 0.131. The number of carbonyl (C=O) groups excluding carboxylic acids is 1. The fraction of sp³-hybridized carbons (Fsp3) is 0.200. The molecule has 0 unspecified atom stereocenters. The van der Waals surface area contributed by atoms with Crippen molar-refractivity contribution in [3.05, 3.63) is 27.2 Å². The largest absolute Gasteiger partial charge is 0.479 e. The van der Waals surface area contributed by atoms with E-state index < -0.39 is 24.6 Å². The van der Waals surface area contributed by atoms with Crippen LogP contribution in [0.1, 0.15) is 0 Å². The molecule has 0 aliphatic heterocycles. The number of carboxylic acid groups (broad SMARTS) is 1. The van der Waals surface area contributed by atoms with Gasteiger partial charge in [-0.25, -0.2) is 9.59 Å². The quantitative estimate of drug-likeness (QED) is 0.681. The van der Waals surface area contributed by atoms with Gasteiger partial charge in [0, 0.05) is 5.02 Å². The predicted molar refractivity (Wildman–Crippen MR) is 72.1 cm³/mol. The van der Waals surface area contributed by atoms with Crippen LogP contribution in [0.25, 0.3) is 0 Å². The Morgan fingerprint density at radius 2 is 1.74 bits per heavy atom. The molecule has 1 rings (SSSR count). The average molecular weight is 328 g/mol. The molecule has 1 atom stereocenters. The number of urea groups is 1. The highest BCUT2D eigenvalue weighted by Crippen LogP contribution is 2.33. The molecule has 1 aromatic rings. The third kappa shape index (κ3) is 4.76. The molecule has 19 heavy (non-hydrogen) atoms.